The number of hydrogen-bond donors (Lipinski definition) is 0. The van der Waals surface area contributed by atoms with E-state index in [4.69, 9.17) is 4.74 Å². The first-order chi connectivity index (χ1) is 14.1. The molecule has 2 heterocycles. The van der Waals surface area contributed by atoms with Gasteiger partial charge < -0.3 is 38.5 Å². The summed E-state index contributed by atoms with van der Waals surface area (Å²) in [5.41, 5.74) is 4.46. The van der Waals surface area contributed by atoms with Crippen LogP contribution in [0, 0.1) is 5.82 Å². The molecule has 158 valence electrons. The number of likely N-dealkylation sites (N-methyl/N-ethyl adjacent to an activating group) is 1. The highest BCUT2D eigenvalue weighted by atomic mass is 127. The monoisotopic (exact) mass is 519 g/mol. The molecule has 30 heavy (non-hydrogen) atoms. The van der Waals surface area contributed by atoms with Gasteiger partial charge in [-0.2, -0.15) is 4.57 Å². The van der Waals surface area contributed by atoms with Crippen LogP contribution in [0.3, 0.4) is 0 Å². The lowest BCUT2D eigenvalue weighted by Gasteiger charge is -2.34. The molecular weight excluding hydrogens is 492 g/mol. The van der Waals surface area contributed by atoms with Crippen LogP contribution in [0.25, 0.3) is 23.1 Å². The van der Waals surface area contributed by atoms with E-state index in [1.54, 1.807) is 12.1 Å². The Labute approximate surface area is 194 Å². The number of fused-ring (bicyclic) bond motifs is 1. The average molecular weight is 519 g/mol. The zero-order valence-electron chi connectivity index (χ0n) is 17.6. The summed E-state index contributed by atoms with van der Waals surface area (Å²) in [5, 5.41) is 1.26. The maximum absolute atomic E-state index is 13.7. The van der Waals surface area contributed by atoms with Crippen molar-refractivity contribution >= 4 is 28.7 Å². The number of ether oxygens (including phenoxy) is 1. The number of methoxy groups -OCH3 is 1. The Bertz CT molecular complexity index is 1060. The SMILES string of the molecule is COc1cc(/C=C/c2cc(N3CCN(C)CC3)c3ccccc3[n+]2C)ccc1F.[I-]. The third-order valence-electron chi connectivity index (χ3n) is 5.68. The molecule has 4 rings (SSSR count). The second-order valence-electron chi connectivity index (χ2n) is 7.55. The predicted octanol–water partition coefficient (Wildman–Crippen LogP) is 0.738. The minimum Gasteiger partial charge on any atom is -1.00 e. The number of aryl methyl sites for hydroxylation is 1. The highest BCUT2D eigenvalue weighted by Crippen LogP contribution is 2.27. The topological polar surface area (TPSA) is 19.6 Å². The molecule has 1 aliphatic rings. The fourth-order valence-electron chi connectivity index (χ4n) is 3.87. The van der Waals surface area contributed by atoms with Gasteiger partial charge in [0.1, 0.15) is 7.05 Å². The fourth-order valence-corrected chi connectivity index (χ4v) is 3.87. The van der Waals surface area contributed by atoms with Crippen LogP contribution < -0.4 is 38.2 Å². The van der Waals surface area contributed by atoms with Crippen LogP contribution in [0.4, 0.5) is 10.1 Å². The lowest BCUT2D eigenvalue weighted by Crippen LogP contribution is -3.00. The predicted molar refractivity (Wildman–Crippen MR) is 117 cm³/mol. The van der Waals surface area contributed by atoms with Crippen LogP contribution in [0.1, 0.15) is 11.3 Å². The van der Waals surface area contributed by atoms with Crippen molar-refractivity contribution in [3.8, 4) is 5.75 Å². The van der Waals surface area contributed by atoms with Gasteiger partial charge in [0, 0.05) is 44.4 Å². The normalized spacial score (nSPS) is 14.9. The highest BCUT2D eigenvalue weighted by Gasteiger charge is 2.21. The first kappa shape index (κ1) is 22.5. The third-order valence-corrected chi connectivity index (χ3v) is 5.68. The number of anilines is 1. The molecule has 0 atom stereocenters. The van der Waals surface area contributed by atoms with Crippen molar-refractivity contribution in [2.45, 2.75) is 0 Å². The van der Waals surface area contributed by atoms with Crippen LogP contribution in [0.5, 0.6) is 5.75 Å². The zero-order chi connectivity index (χ0) is 20.4. The molecule has 4 nitrogen and oxygen atoms in total. The summed E-state index contributed by atoms with van der Waals surface area (Å²) in [6.07, 6.45) is 4.08. The van der Waals surface area contributed by atoms with Gasteiger partial charge in [-0.15, -0.1) is 0 Å². The highest BCUT2D eigenvalue weighted by molar-refractivity contribution is 5.91. The van der Waals surface area contributed by atoms with Gasteiger partial charge in [-0.3, -0.25) is 0 Å². The van der Waals surface area contributed by atoms with E-state index < -0.39 is 0 Å². The smallest absolute Gasteiger partial charge is 0.214 e. The standard InChI is InChI=1S/C24H27FN3O.HI/c1-26-12-14-28(15-13-26)23-17-19(27(2)22-7-5-4-6-20(22)23)10-8-18-9-11-21(25)24(16-18)29-3;/h4-11,16-17H,12-15H2,1-3H3;1H/q+1;/p-1/b10-8+;. The molecule has 6 heteroatoms. The van der Waals surface area contributed by atoms with Crippen molar-refractivity contribution in [1.82, 2.24) is 4.90 Å². The van der Waals surface area contributed by atoms with Crippen LogP contribution in [0.15, 0.2) is 48.5 Å². The lowest BCUT2D eigenvalue weighted by atomic mass is 10.1. The number of nitrogens with zero attached hydrogens (tertiary/aromatic N) is 3. The van der Waals surface area contributed by atoms with Crippen LogP contribution in [-0.2, 0) is 7.05 Å². The maximum atomic E-state index is 13.7. The Morgan fingerprint density at radius 2 is 1.73 bits per heavy atom. The Balaban J connectivity index is 0.00000256. The van der Waals surface area contributed by atoms with Gasteiger partial charge in [0.05, 0.1) is 18.2 Å². The minimum atomic E-state index is -0.349. The van der Waals surface area contributed by atoms with E-state index in [0.29, 0.717) is 0 Å². The van der Waals surface area contributed by atoms with Gasteiger partial charge in [0.2, 0.25) is 11.2 Å². The number of hydrogen-bond acceptors (Lipinski definition) is 3. The molecule has 0 amide bonds. The Morgan fingerprint density at radius 3 is 2.47 bits per heavy atom. The minimum absolute atomic E-state index is 0. The van der Waals surface area contributed by atoms with E-state index in [1.807, 2.05) is 6.08 Å². The van der Waals surface area contributed by atoms with E-state index in [-0.39, 0.29) is 35.5 Å². The Morgan fingerprint density at radius 1 is 1.00 bits per heavy atom. The van der Waals surface area contributed by atoms with E-state index in [1.165, 1.54) is 29.8 Å². The second kappa shape index (κ2) is 9.75. The molecule has 1 fully saturated rings. The number of para-hydroxylation sites is 1. The van der Waals surface area contributed by atoms with Crippen molar-refractivity contribution in [1.29, 1.82) is 0 Å². The van der Waals surface area contributed by atoms with Crippen molar-refractivity contribution in [2.75, 3.05) is 45.2 Å². The van der Waals surface area contributed by atoms with Crippen molar-refractivity contribution in [2.24, 2.45) is 7.05 Å². The summed E-state index contributed by atoms with van der Waals surface area (Å²) in [4.78, 5) is 4.84. The molecular formula is C24H27FIN3O. The maximum Gasteiger partial charge on any atom is 0.214 e. The summed E-state index contributed by atoms with van der Waals surface area (Å²) in [5.74, 6) is -0.0913. The molecule has 1 saturated heterocycles. The first-order valence-electron chi connectivity index (χ1n) is 9.93. The van der Waals surface area contributed by atoms with E-state index in [2.05, 4.69) is 64.9 Å². The van der Waals surface area contributed by atoms with Crippen molar-refractivity contribution < 1.29 is 37.7 Å². The van der Waals surface area contributed by atoms with Gasteiger partial charge >= 0.3 is 0 Å². The lowest BCUT2D eigenvalue weighted by molar-refractivity contribution is -0.646. The van der Waals surface area contributed by atoms with E-state index >= 15 is 0 Å². The molecule has 0 N–H and O–H groups in total. The second-order valence-corrected chi connectivity index (χ2v) is 7.55. The Hall–Kier alpha value is -2.19. The number of aromatic nitrogens is 1. The Kier molecular flexibility index (Phi) is 7.31. The largest absolute Gasteiger partial charge is 1.00 e. The number of rotatable bonds is 4. The first-order valence-corrected chi connectivity index (χ1v) is 9.93. The molecule has 0 unspecified atom stereocenters. The summed E-state index contributed by atoms with van der Waals surface area (Å²) in [7, 11) is 5.74. The molecule has 1 aliphatic heterocycles. The quantitative estimate of drug-likeness (QED) is 0.375. The molecule has 0 spiro atoms. The molecule has 0 aliphatic carbocycles. The summed E-state index contributed by atoms with van der Waals surface area (Å²) in [6, 6.07) is 15.7. The summed E-state index contributed by atoms with van der Waals surface area (Å²) < 4.78 is 21.0. The van der Waals surface area contributed by atoms with Crippen LogP contribution in [0.2, 0.25) is 0 Å². The number of pyridine rings is 1. The van der Waals surface area contributed by atoms with Gasteiger partial charge in [-0.25, -0.2) is 4.39 Å². The van der Waals surface area contributed by atoms with Gasteiger partial charge in [-0.1, -0.05) is 18.2 Å². The molecule has 0 bridgehead atoms. The van der Waals surface area contributed by atoms with Crippen molar-refractivity contribution in [3.05, 3.63) is 65.6 Å². The van der Waals surface area contributed by atoms with Gasteiger partial charge in [-0.05, 0) is 36.9 Å². The molecule has 1 aromatic heterocycles. The molecule has 0 radical (unpaired) electrons. The fraction of sp³-hybridized carbons (Fsp3) is 0.292. The zero-order valence-corrected chi connectivity index (χ0v) is 19.8. The summed E-state index contributed by atoms with van der Waals surface area (Å²) >= 11 is 0. The molecule has 2 aromatic carbocycles. The van der Waals surface area contributed by atoms with Crippen LogP contribution >= 0.6 is 0 Å². The van der Waals surface area contributed by atoms with E-state index in [9.17, 15) is 4.39 Å². The van der Waals surface area contributed by atoms with Crippen molar-refractivity contribution in [3.63, 3.8) is 0 Å². The number of piperazine rings is 1. The molecule has 3 aromatic rings. The molecule has 0 saturated carbocycles. The number of halogens is 2. The van der Waals surface area contributed by atoms with E-state index in [0.717, 1.165) is 37.4 Å². The summed E-state index contributed by atoms with van der Waals surface area (Å²) in [6.45, 7) is 4.17. The van der Waals surface area contributed by atoms with Gasteiger partial charge in [0.15, 0.2) is 11.6 Å². The average Bonchev–Trinajstić information content (AvgIpc) is 2.75. The van der Waals surface area contributed by atoms with Crippen LogP contribution in [-0.4, -0.2) is 45.2 Å². The third kappa shape index (κ3) is 4.59. The van der Waals surface area contributed by atoms with Gasteiger partial charge in [0.25, 0.3) is 0 Å². The number of benzene rings is 2.